The highest BCUT2D eigenvalue weighted by Gasteiger charge is 2.15. The van der Waals surface area contributed by atoms with Gasteiger partial charge in [-0.05, 0) is 47.5 Å². The quantitative estimate of drug-likeness (QED) is 0.571. The molecule has 0 heterocycles. The monoisotopic (exact) mass is 407 g/mol. The summed E-state index contributed by atoms with van der Waals surface area (Å²) >= 11 is 0. The van der Waals surface area contributed by atoms with Gasteiger partial charge in [-0.15, -0.1) is 0 Å². The lowest BCUT2D eigenvalue weighted by molar-refractivity contribution is -0.120. The lowest BCUT2D eigenvalue weighted by Crippen LogP contribution is -2.24. The minimum Gasteiger partial charge on any atom is -0.493 e. The lowest BCUT2D eigenvalue weighted by Gasteiger charge is -2.14. The van der Waals surface area contributed by atoms with E-state index in [0.717, 1.165) is 22.6 Å². The zero-order valence-electron chi connectivity index (χ0n) is 17.3. The Labute approximate surface area is 176 Å². The third-order valence-corrected chi connectivity index (χ3v) is 4.46. The summed E-state index contributed by atoms with van der Waals surface area (Å²) in [6.45, 7) is 0.398. The number of ether oxygens (including phenoxy) is 4. The number of nitrogens with one attached hydrogen (secondary N) is 1. The fourth-order valence-electron chi connectivity index (χ4n) is 3.03. The molecular weight excluding hydrogens is 382 g/mol. The second-order valence-electron chi connectivity index (χ2n) is 6.55. The van der Waals surface area contributed by atoms with Crippen LogP contribution >= 0.6 is 0 Å². The smallest absolute Gasteiger partial charge is 0.224 e. The maximum absolute atomic E-state index is 12.5. The summed E-state index contributed by atoms with van der Waals surface area (Å²) in [5, 5.41) is 2.93. The van der Waals surface area contributed by atoms with Gasteiger partial charge < -0.3 is 24.3 Å². The predicted molar refractivity (Wildman–Crippen MR) is 115 cm³/mol. The highest BCUT2D eigenvalue weighted by molar-refractivity contribution is 5.79. The van der Waals surface area contributed by atoms with Crippen LogP contribution in [0.15, 0.2) is 66.7 Å². The average molecular weight is 407 g/mol. The minimum absolute atomic E-state index is 0.112. The Kier molecular flexibility index (Phi) is 7.16. The van der Waals surface area contributed by atoms with E-state index in [2.05, 4.69) is 5.32 Å². The number of para-hydroxylation sites is 1. The van der Waals surface area contributed by atoms with Crippen molar-refractivity contribution in [2.24, 2.45) is 0 Å². The molecule has 3 aromatic carbocycles. The molecule has 0 saturated carbocycles. The molecule has 0 saturated heterocycles. The number of carbonyl (C=O) groups is 1. The van der Waals surface area contributed by atoms with Gasteiger partial charge in [0.15, 0.2) is 11.5 Å². The van der Waals surface area contributed by atoms with Gasteiger partial charge in [0.25, 0.3) is 0 Å². The van der Waals surface area contributed by atoms with E-state index in [1.807, 2.05) is 54.6 Å². The summed E-state index contributed by atoms with van der Waals surface area (Å²) in [6, 6.07) is 20.7. The minimum atomic E-state index is -0.112. The highest BCUT2D eigenvalue weighted by atomic mass is 16.5. The Hall–Kier alpha value is -3.67. The summed E-state index contributed by atoms with van der Waals surface area (Å²) in [5.74, 6) is 2.91. The molecular formula is C24H25NO5. The molecule has 156 valence electrons. The van der Waals surface area contributed by atoms with Crippen molar-refractivity contribution in [2.75, 3.05) is 21.3 Å². The van der Waals surface area contributed by atoms with Crippen molar-refractivity contribution in [1.82, 2.24) is 5.32 Å². The number of benzene rings is 3. The van der Waals surface area contributed by atoms with E-state index in [4.69, 9.17) is 18.9 Å². The summed E-state index contributed by atoms with van der Waals surface area (Å²) in [7, 11) is 4.64. The first-order valence-corrected chi connectivity index (χ1v) is 9.50. The number of carbonyl (C=O) groups excluding carboxylic acids is 1. The van der Waals surface area contributed by atoms with Crippen LogP contribution in [0.25, 0.3) is 0 Å². The summed E-state index contributed by atoms with van der Waals surface area (Å²) in [5.41, 5.74) is 1.71. The number of amides is 1. The zero-order valence-corrected chi connectivity index (χ0v) is 17.3. The Morgan fingerprint density at radius 2 is 1.43 bits per heavy atom. The van der Waals surface area contributed by atoms with Gasteiger partial charge in [-0.3, -0.25) is 4.79 Å². The van der Waals surface area contributed by atoms with E-state index in [9.17, 15) is 4.79 Å². The van der Waals surface area contributed by atoms with Crippen LogP contribution in [0.2, 0.25) is 0 Å². The van der Waals surface area contributed by atoms with Gasteiger partial charge in [0, 0.05) is 6.54 Å². The molecule has 0 bridgehead atoms. The van der Waals surface area contributed by atoms with Gasteiger partial charge in [-0.1, -0.05) is 30.3 Å². The summed E-state index contributed by atoms with van der Waals surface area (Å²) in [4.78, 5) is 12.5. The van der Waals surface area contributed by atoms with Crippen molar-refractivity contribution < 1.29 is 23.7 Å². The van der Waals surface area contributed by atoms with Crippen LogP contribution in [0.3, 0.4) is 0 Å². The average Bonchev–Trinajstić information content (AvgIpc) is 2.78. The van der Waals surface area contributed by atoms with Crippen molar-refractivity contribution in [3.8, 4) is 28.7 Å². The van der Waals surface area contributed by atoms with Crippen molar-refractivity contribution in [2.45, 2.75) is 13.0 Å². The molecule has 0 aliphatic rings. The largest absolute Gasteiger partial charge is 0.493 e. The highest BCUT2D eigenvalue weighted by Crippen LogP contribution is 2.38. The number of hydrogen-bond acceptors (Lipinski definition) is 5. The second-order valence-corrected chi connectivity index (χ2v) is 6.55. The molecule has 0 unspecified atom stereocenters. The maximum Gasteiger partial charge on any atom is 0.224 e. The molecule has 0 atom stereocenters. The molecule has 3 rings (SSSR count). The van der Waals surface area contributed by atoms with Crippen LogP contribution < -0.4 is 24.3 Å². The van der Waals surface area contributed by atoms with Crippen LogP contribution in [0.1, 0.15) is 11.1 Å². The third kappa shape index (κ3) is 5.44. The normalized spacial score (nSPS) is 10.2. The van der Waals surface area contributed by atoms with E-state index in [0.29, 0.717) is 23.8 Å². The summed E-state index contributed by atoms with van der Waals surface area (Å²) < 4.78 is 21.8. The van der Waals surface area contributed by atoms with Crippen LogP contribution in [0.5, 0.6) is 28.7 Å². The van der Waals surface area contributed by atoms with Crippen LogP contribution in [-0.4, -0.2) is 27.2 Å². The topological polar surface area (TPSA) is 66.0 Å². The van der Waals surface area contributed by atoms with Gasteiger partial charge in [0.05, 0.1) is 27.8 Å². The summed E-state index contributed by atoms with van der Waals surface area (Å²) in [6.07, 6.45) is 0.191. The molecule has 0 radical (unpaired) electrons. The molecule has 0 aromatic heterocycles. The SMILES string of the molecule is COc1cc(CC(=O)NCc2cccc(Oc3ccccc3)c2)cc(OC)c1OC. The zero-order chi connectivity index (χ0) is 21.3. The Morgan fingerprint density at radius 3 is 2.07 bits per heavy atom. The second kappa shape index (κ2) is 10.2. The maximum atomic E-state index is 12.5. The molecule has 0 aliphatic carbocycles. The molecule has 1 amide bonds. The Bertz CT molecular complexity index is 963. The first-order chi connectivity index (χ1) is 14.6. The number of hydrogen-bond donors (Lipinski definition) is 1. The van der Waals surface area contributed by atoms with Crippen molar-refractivity contribution in [3.63, 3.8) is 0 Å². The molecule has 30 heavy (non-hydrogen) atoms. The van der Waals surface area contributed by atoms with Gasteiger partial charge in [0.2, 0.25) is 11.7 Å². The van der Waals surface area contributed by atoms with Crippen molar-refractivity contribution in [1.29, 1.82) is 0 Å². The molecule has 0 fully saturated rings. The van der Waals surface area contributed by atoms with Gasteiger partial charge in [-0.2, -0.15) is 0 Å². The Morgan fingerprint density at radius 1 is 0.767 bits per heavy atom. The van der Waals surface area contributed by atoms with E-state index in [1.165, 1.54) is 0 Å². The van der Waals surface area contributed by atoms with Crippen molar-refractivity contribution in [3.05, 3.63) is 77.9 Å². The number of methoxy groups -OCH3 is 3. The molecule has 0 spiro atoms. The lowest BCUT2D eigenvalue weighted by atomic mass is 10.1. The fraction of sp³-hybridized carbons (Fsp3) is 0.208. The van der Waals surface area contributed by atoms with Crippen LogP contribution in [0, 0.1) is 0 Å². The predicted octanol–water partition coefficient (Wildman–Crippen LogP) is 4.36. The fourth-order valence-corrected chi connectivity index (χ4v) is 3.03. The molecule has 6 nitrogen and oxygen atoms in total. The van der Waals surface area contributed by atoms with E-state index >= 15 is 0 Å². The number of rotatable bonds is 9. The first-order valence-electron chi connectivity index (χ1n) is 9.50. The third-order valence-electron chi connectivity index (χ3n) is 4.46. The van der Waals surface area contributed by atoms with E-state index < -0.39 is 0 Å². The van der Waals surface area contributed by atoms with Crippen LogP contribution in [0.4, 0.5) is 0 Å². The standard InChI is InChI=1S/C24H25NO5/c1-27-21-13-18(14-22(28-2)24(21)29-3)15-23(26)25-16-17-8-7-11-20(12-17)30-19-9-5-4-6-10-19/h4-14H,15-16H2,1-3H3,(H,25,26). The van der Waals surface area contributed by atoms with E-state index in [1.54, 1.807) is 33.5 Å². The molecule has 0 aliphatic heterocycles. The van der Waals surface area contributed by atoms with Gasteiger partial charge in [-0.25, -0.2) is 0 Å². The van der Waals surface area contributed by atoms with Crippen LogP contribution in [-0.2, 0) is 17.8 Å². The van der Waals surface area contributed by atoms with Gasteiger partial charge in [0.1, 0.15) is 11.5 Å². The Balaban J connectivity index is 1.62. The first kappa shape index (κ1) is 21.0. The van der Waals surface area contributed by atoms with Gasteiger partial charge >= 0.3 is 0 Å². The molecule has 1 N–H and O–H groups in total. The van der Waals surface area contributed by atoms with E-state index in [-0.39, 0.29) is 12.3 Å². The van der Waals surface area contributed by atoms with Crippen molar-refractivity contribution >= 4 is 5.91 Å². The molecule has 6 heteroatoms. The molecule has 3 aromatic rings.